The van der Waals surface area contributed by atoms with E-state index in [1.165, 1.54) is 0 Å². The zero-order chi connectivity index (χ0) is 15.7. The van der Waals surface area contributed by atoms with E-state index in [4.69, 9.17) is 9.40 Å². The molecule has 1 aliphatic heterocycles. The normalized spacial score (nSPS) is 12.3. The second-order valence-corrected chi connectivity index (χ2v) is 5.41. The van der Waals surface area contributed by atoms with Crippen molar-refractivity contribution in [2.45, 2.75) is 27.7 Å². The molecule has 0 bridgehead atoms. The maximum Gasteiger partial charge on any atom is 0.158 e. The lowest BCUT2D eigenvalue weighted by atomic mass is 10.1. The minimum Gasteiger partial charge on any atom is -0.452 e. The lowest BCUT2D eigenvalue weighted by molar-refractivity contribution is 0.609. The van der Waals surface area contributed by atoms with Crippen LogP contribution in [0.15, 0.2) is 33.7 Å². The predicted octanol–water partition coefficient (Wildman–Crippen LogP) is 3.90. The van der Waals surface area contributed by atoms with Gasteiger partial charge in [0.25, 0.3) is 0 Å². The molecule has 22 heavy (non-hydrogen) atoms. The van der Waals surface area contributed by atoms with Gasteiger partial charge >= 0.3 is 0 Å². The Balaban J connectivity index is 2.31. The standard InChI is InChI=1S/C18H21N3O/c1-5-19-13-7-8-14-18(12(13)4)22-17-10-15(20-6-2)11(3)9-16(17)21-14/h7-10,19H,5-6H2,1-4H3/b20-15-. The highest BCUT2D eigenvalue weighted by Gasteiger charge is 2.13. The first-order chi connectivity index (χ1) is 10.6. The van der Waals surface area contributed by atoms with Crippen molar-refractivity contribution in [2.75, 3.05) is 18.4 Å². The molecule has 0 aromatic heterocycles. The number of fused-ring (bicyclic) bond motifs is 2. The molecule has 1 heterocycles. The van der Waals surface area contributed by atoms with Crippen LogP contribution in [0.2, 0.25) is 0 Å². The minimum absolute atomic E-state index is 0.761. The highest BCUT2D eigenvalue weighted by molar-refractivity contribution is 5.84. The Bertz CT molecular complexity index is 864. The Hall–Kier alpha value is -2.36. The SMILES string of the molecule is CC/N=c1/cc2oc3c(C)c(NCC)ccc3nc-2cc1C. The summed E-state index contributed by atoms with van der Waals surface area (Å²) in [5.74, 6) is 0.780. The van der Waals surface area contributed by atoms with Gasteiger partial charge in [0.1, 0.15) is 11.2 Å². The number of nitrogens with zero attached hydrogens (tertiary/aromatic N) is 2. The molecule has 0 saturated heterocycles. The van der Waals surface area contributed by atoms with E-state index in [0.29, 0.717) is 0 Å². The fourth-order valence-electron chi connectivity index (χ4n) is 2.69. The quantitative estimate of drug-likeness (QED) is 0.745. The Morgan fingerprint density at radius 1 is 1.18 bits per heavy atom. The van der Waals surface area contributed by atoms with Crippen molar-refractivity contribution in [3.05, 3.63) is 40.7 Å². The van der Waals surface area contributed by atoms with Crippen molar-refractivity contribution in [1.82, 2.24) is 4.98 Å². The van der Waals surface area contributed by atoms with Crippen LogP contribution < -0.4 is 10.7 Å². The molecule has 2 aliphatic rings. The first kappa shape index (κ1) is 14.6. The number of nitrogens with one attached hydrogen (secondary N) is 1. The lowest BCUT2D eigenvalue weighted by Crippen LogP contribution is -2.09. The molecule has 3 rings (SSSR count). The minimum atomic E-state index is 0.761. The first-order valence-electron chi connectivity index (χ1n) is 7.73. The molecular formula is C18H21N3O. The lowest BCUT2D eigenvalue weighted by Gasteiger charge is -2.12. The van der Waals surface area contributed by atoms with Crippen molar-refractivity contribution in [2.24, 2.45) is 4.99 Å². The van der Waals surface area contributed by atoms with Crippen LogP contribution in [-0.2, 0) is 0 Å². The van der Waals surface area contributed by atoms with E-state index < -0.39 is 0 Å². The summed E-state index contributed by atoms with van der Waals surface area (Å²) in [5.41, 5.74) is 5.88. The van der Waals surface area contributed by atoms with Gasteiger partial charge in [0.05, 0.1) is 5.36 Å². The second kappa shape index (κ2) is 5.79. The van der Waals surface area contributed by atoms with Crippen molar-refractivity contribution in [3.63, 3.8) is 0 Å². The van der Waals surface area contributed by atoms with Gasteiger partial charge in [-0.3, -0.25) is 4.99 Å². The third-order valence-electron chi connectivity index (χ3n) is 3.81. The van der Waals surface area contributed by atoms with Gasteiger partial charge in [0.15, 0.2) is 11.3 Å². The molecule has 0 radical (unpaired) electrons. The first-order valence-corrected chi connectivity index (χ1v) is 7.73. The Labute approximate surface area is 130 Å². The number of aryl methyl sites for hydroxylation is 2. The number of hydrogen-bond acceptors (Lipinski definition) is 4. The number of anilines is 1. The molecule has 0 unspecified atom stereocenters. The van der Waals surface area contributed by atoms with E-state index in [9.17, 15) is 0 Å². The molecule has 0 saturated carbocycles. The number of hydrogen-bond donors (Lipinski definition) is 1. The number of rotatable bonds is 3. The maximum atomic E-state index is 6.14. The van der Waals surface area contributed by atoms with Crippen molar-refractivity contribution < 1.29 is 4.42 Å². The van der Waals surface area contributed by atoms with Crippen LogP contribution in [0, 0.1) is 13.8 Å². The average molecular weight is 295 g/mol. The van der Waals surface area contributed by atoms with Gasteiger partial charge in [0.2, 0.25) is 0 Å². The monoisotopic (exact) mass is 295 g/mol. The largest absolute Gasteiger partial charge is 0.452 e. The summed E-state index contributed by atoms with van der Waals surface area (Å²) in [6.45, 7) is 9.87. The van der Waals surface area contributed by atoms with Gasteiger partial charge in [-0.15, -0.1) is 0 Å². The van der Waals surface area contributed by atoms with E-state index in [2.05, 4.69) is 37.1 Å². The van der Waals surface area contributed by atoms with Crippen molar-refractivity contribution in [1.29, 1.82) is 0 Å². The zero-order valence-corrected chi connectivity index (χ0v) is 13.5. The summed E-state index contributed by atoms with van der Waals surface area (Å²) >= 11 is 0. The van der Waals surface area contributed by atoms with E-state index >= 15 is 0 Å². The highest BCUT2D eigenvalue weighted by atomic mass is 16.3. The summed E-state index contributed by atoms with van der Waals surface area (Å²) in [5, 5.41) is 4.32. The van der Waals surface area contributed by atoms with Crippen LogP contribution in [0.4, 0.5) is 5.69 Å². The topological polar surface area (TPSA) is 50.4 Å². The third kappa shape index (κ3) is 2.45. The summed E-state index contributed by atoms with van der Waals surface area (Å²) < 4.78 is 6.14. The molecule has 0 atom stereocenters. The van der Waals surface area contributed by atoms with Crippen molar-refractivity contribution >= 4 is 16.8 Å². The maximum absolute atomic E-state index is 6.14. The zero-order valence-electron chi connectivity index (χ0n) is 13.5. The van der Waals surface area contributed by atoms with Crippen LogP contribution >= 0.6 is 0 Å². The van der Waals surface area contributed by atoms with Crippen LogP contribution in [-0.4, -0.2) is 18.1 Å². The molecule has 0 spiro atoms. The number of benzene rings is 2. The summed E-state index contributed by atoms with van der Waals surface area (Å²) in [6, 6.07) is 8.09. The second-order valence-electron chi connectivity index (χ2n) is 5.41. The van der Waals surface area contributed by atoms with E-state index in [1.807, 2.05) is 25.1 Å². The van der Waals surface area contributed by atoms with Crippen molar-refractivity contribution in [3.8, 4) is 11.5 Å². The Morgan fingerprint density at radius 3 is 2.73 bits per heavy atom. The summed E-state index contributed by atoms with van der Waals surface area (Å²) in [6.07, 6.45) is 0. The molecule has 4 heteroatoms. The third-order valence-corrected chi connectivity index (χ3v) is 3.81. The van der Waals surface area contributed by atoms with Crippen LogP contribution in [0.3, 0.4) is 0 Å². The van der Waals surface area contributed by atoms with Gasteiger partial charge < -0.3 is 9.73 Å². The van der Waals surface area contributed by atoms with Crippen LogP contribution in [0.5, 0.6) is 0 Å². The molecule has 1 aromatic rings. The predicted molar refractivity (Wildman–Crippen MR) is 90.4 cm³/mol. The fraction of sp³-hybridized carbons (Fsp3) is 0.333. The van der Waals surface area contributed by atoms with Gasteiger partial charge in [0, 0.05) is 30.4 Å². The van der Waals surface area contributed by atoms with Gasteiger partial charge in [-0.1, -0.05) is 0 Å². The molecule has 114 valence electrons. The summed E-state index contributed by atoms with van der Waals surface area (Å²) in [7, 11) is 0. The van der Waals surface area contributed by atoms with Gasteiger partial charge in [-0.2, -0.15) is 0 Å². The average Bonchev–Trinajstić information content (AvgIpc) is 2.50. The van der Waals surface area contributed by atoms with Crippen LogP contribution in [0.1, 0.15) is 25.0 Å². The molecule has 4 nitrogen and oxygen atoms in total. The smallest absolute Gasteiger partial charge is 0.158 e. The Morgan fingerprint density at radius 2 is 2.00 bits per heavy atom. The molecule has 0 fully saturated rings. The fourth-order valence-corrected chi connectivity index (χ4v) is 2.69. The molecule has 1 aliphatic carbocycles. The molecular weight excluding hydrogens is 274 g/mol. The Kier molecular flexibility index (Phi) is 3.84. The molecule has 0 amide bonds. The highest BCUT2D eigenvalue weighted by Crippen LogP contribution is 2.29. The number of aromatic nitrogens is 1. The van der Waals surface area contributed by atoms with Gasteiger partial charge in [-0.05, 0) is 51.5 Å². The molecule has 1 aromatic carbocycles. The van der Waals surface area contributed by atoms with E-state index in [1.54, 1.807) is 0 Å². The van der Waals surface area contributed by atoms with E-state index in [0.717, 1.165) is 57.8 Å². The van der Waals surface area contributed by atoms with E-state index in [-0.39, 0.29) is 0 Å². The summed E-state index contributed by atoms with van der Waals surface area (Å²) in [4.78, 5) is 9.24. The molecule has 1 N–H and O–H groups in total. The van der Waals surface area contributed by atoms with Gasteiger partial charge in [-0.25, -0.2) is 4.98 Å². The van der Waals surface area contributed by atoms with Crippen LogP contribution in [0.25, 0.3) is 22.6 Å².